The first kappa shape index (κ1) is 16.4. The van der Waals surface area contributed by atoms with Gasteiger partial charge in [-0.25, -0.2) is 9.59 Å². The number of urea groups is 1. The molecular weight excluding hydrogens is 298 g/mol. The SMILES string of the molecule is CCOC(=O)N1CCC(NC(=O)N2CC(C3CCOC3)C2)CC1. The van der Waals surface area contributed by atoms with Crippen LogP contribution in [-0.4, -0.2) is 74.0 Å². The van der Waals surface area contributed by atoms with Crippen LogP contribution in [0.25, 0.3) is 0 Å². The Morgan fingerprint density at radius 3 is 2.48 bits per heavy atom. The fourth-order valence-electron chi connectivity index (χ4n) is 3.59. The number of nitrogens with zero attached hydrogens (tertiary/aromatic N) is 2. The van der Waals surface area contributed by atoms with Crippen LogP contribution < -0.4 is 5.32 Å². The van der Waals surface area contributed by atoms with Crippen molar-refractivity contribution in [3.05, 3.63) is 0 Å². The average molecular weight is 325 g/mol. The molecule has 7 nitrogen and oxygen atoms in total. The first-order valence-electron chi connectivity index (χ1n) is 8.72. The third-order valence-electron chi connectivity index (χ3n) is 5.18. The van der Waals surface area contributed by atoms with Crippen LogP contribution in [0.3, 0.4) is 0 Å². The summed E-state index contributed by atoms with van der Waals surface area (Å²) in [6.07, 6.45) is 2.46. The molecule has 0 aromatic carbocycles. The zero-order valence-corrected chi connectivity index (χ0v) is 13.8. The number of hydrogen-bond donors (Lipinski definition) is 1. The van der Waals surface area contributed by atoms with Crippen molar-refractivity contribution in [2.45, 2.75) is 32.2 Å². The van der Waals surface area contributed by atoms with Crippen LogP contribution >= 0.6 is 0 Å². The fraction of sp³-hybridized carbons (Fsp3) is 0.875. The summed E-state index contributed by atoms with van der Waals surface area (Å²) >= 11 is 0. The lowest BCUT2D eigenvalue weighted by Crippen LogP contribution is -2.58. The number of rotatable bonds is 3. The summed E-state index contributed by atoms with van der Waals surface area (Å²) < 4.78 is 10.4. The number of hydrogen-bond acceptors (Lipinski definition) is 4. The Morgan fingerprint density at radius 2 is 1.87 bits per heavy atom. The van der Waals surface area contributed by atoms with Crippen molar-refractivity contribution >= 4 is 12.1 Å². The Kier molecular flexibility index (Phi) is 5.25. The van der Waals surface area contributed by atoms with Gasteiger partial charge in [-0.2, -0.15) is 0 Å². The standard InChI is InChI=1S/C16H27N3O4/c1-2-23-16(21)18-6-3-14(4-7-18)17-15(20)19-9-13(10-19)12-5-8-22-11-12/h12-14H,2-11H2,1H3,(H,17,20). The highest BCUT2D eigenvalue weighted by molar-refractivity contribution is 5.75. The third kappa shape index (κ3) is 3.88. The second-order valence-corrected chi connectivity index (χ2v) is 6.70. The van der Waals surface area contributed by atoms with Crippen LogP contribution in [-0.2, 0) is 9.47 Å². The van der Waals surface area contributed by atoms with Gasteiger partial charge in [0.25, 0.3) is 0 Å². The highest BCUT2D eigenvalue weighted by atomic mass is 16.6. The van der Waals surface area contributed by atoms with Gasteiger partial charge in [0, 0.05) is 45.4 Å². The molecule has 3 aliphatic heterocycles. The summed E-state index contributed by atoms with van der Waals surface area (Å²) in [4.78, 5) is 27.5. The highest BCUT2D eigenvalue weighted by Gasteiger charge is 2.38. The maximum absolute atomic E-state index is 12.3. The Bertz CT molecular complexity index is 425. The minimum Gasteiger partial charge on any atom is -0.450 e. The van der Waals surface area contributed by atoms with Gasteiger partial charge in [0.15, 0.2) is 0 Å². The second kappa shape index (κ2) is 7.38. The van der Waals surface area contributed by atoms with Crippen LogP contribution in [0.1, 0.15) is 26.2 Å². The maximum Gasteiger partial charge on any atom is 0.409 e. The predicted molar refractivity (Wildman–Crippen MR) is 84.1 cm³/mol. The molecule has 0 aromatic rings. The molecule has 3 rings (SSSR count). The molecule has 1 atom stereocenters. The molecule has 7 heteroatoms. The number of nitrogens with one attached hydrogen (secondary N) is 1. The molecule has 1 N–H and O–H groups in total. The Hall–Kier alpha value is -1.50. The van der Waals surface area contributed by atoms with Crippen LogP contribution in [0.15, 0.2) is 0 Å². The molecule has 3 fully saturated rings. The largest absolute Gasteiger partial charge is 0.450 e. The quantitative estimate of drug-likeness (QED) is 0.849. The van der Waals surface area contributed by atoms with Crippen LogP contribution in [0.5, 0.6) is 0 Å². The summed E-state index contributed by atoms with van der Waals surface area (Å²) in [7, 11) is 0. The van der Waals surface area contributed by atoms with Crippen LogP contribution in [0, 0.1) is 11.8 Å². The maximum atomic E-state index is 12.3. The van der Waals surface area contributed by atoms with E-state index in [1.807, 2.05) is 11.8 Å². The summed E-state index contributed by atoms with van der Waals surface area (Å²) in [5.74, 6) is 1.24. The first-order valence-corrected chi connectivity index (χ1v) is 8.72. The van der Waals surface area contributed by atoms with Gasteiger partial charge in [0.1, 0.15) is 0 Å². The molecule has 0 spiro atoms. The normalized spacial score (nSPS) is 26.0. The van der Waals surface area contributed by atoms with Gasteiger partial charge in [-0.3, -0.25) is 0 Å². The molecule has 3 saturated heterocycles. The van der Waals surface area contributed by atoms with Crippen molar-refractivity contribution in [1.82, 2.24) is 15.1 Å². The predicted octanol–water partition coefficient (Wildman–Crippen LogP) is 1.29. The Balaban J connectivity index is 1.34. The topological polar surface area (TPSA) is 71.1 Å². The lowest BCUT2D eigenvalue weighted by Gasteiger charge is -2.43. The van der Waals surface area contributed by atoms with E-state index in [1.165, 1.54) is 0 Å². The van der Waals surface area contributed by atoms with Crippen LogP contribution in [0.4, 0.5) is 9.59 Å². The van der Waals surface area contributed by atoms with Gasteiger partial charge in [0.2, 0.25) is 0 Å². The molecule has 0 bridgehead atoms. The van der Waals surface area contributed by atoms with E-state index in [4.69, 9.17) is 9.47 Å². The van der Waals surface area contributed by atoms with E-state index in [-0.39, 0.29) is 18.2 Å². The molecule has 0 radical (unpaired) electrons. The molecule has 130 valence electrons. The van der Waals surface area contributed by atoms with Crippen molar-refractivity contribution in [2.24, 2.45) is 11.8 Å². The third-order valence-corrected chi connectivity index (χ3v) is 5.18. The lowest BCUT2D eigenvalue weighted by atomic mass is 9.85. The Morgan fingerprint density at radius 1 is 1.13 bits per heavy atom. The molecule has 0 aliphatic carbocycles. The molecular formula is C16H27N3O4. The van der Waals surface area contributed by atoms with Gasteiger partial charge in [-0.1, -0.05) is 0 Å². The van der Waals surface area contributed by atoms with E-state index >= 15 is 0 Å². The van der Waals surface area contributed by atoms with Gasteiger partial charge >= 0.3 is 12.1 Å². The van der Waals surface area contributed by atoms with Crippen molar-refractivity contribution in [3.8, 4) is 0 Å². The Labute approximate surface area is 137 Å². The zero-order valence-electron chi connectivity index (χ0n) is 13.8. The van der Waals surface area contributed by atoms with E-state index < -0.39 is 0 Å². The zero-order chi connectivity index (χ0) is 16.2. The fourth-order valence-corrected chi connectivity index (χ4v) is 3.59. The van der Waals surface area contributed by atoms with Gasteiger partial charge in [0.05, 0.1) is 6.61 Å². The molecule has 0 aromatic heterocycles. The number of carbonyl (C=O) groups is 2. The van der Waals surface area contributed by atoms with Crippen molar-refractivity contribution in [3.63, 3.8) is 0 Å². The summed E-state index contributed by atoms with van der Waals surface area (Å²) in [5.41, 5.74) is 0. The number of ether oxygens (including phenoxy) is 2. The summed E-state index contributed by atoms with van der Waals surface area (Å²) in [6, 6.07) is 0.191. The molecule has 1 unspecified atom stereocenters. The minimum atomic E-state index is -0.248. The minimum absolute atomic E-state index is 0.0368. The van der Waals surface area contributed by atoms with E-state index in [0.717, 1.165) is 45.6 Å². The number of amides is 3. The van der Waals surface area contributed by atoms with Gasteiger partial charge in [-0.15, -0.1) is 0 Å². The number of piperidine rings is 1. The highest BCUT2D eigenvalue weighted by Crippen LogP contribution is 2.29. The molecule has 3 aliphatic rings. The van der Waals surface area contributed by atoms with Crippen molar-refractivity contribution in [2.75, 3.05) is 46.0 Å². The monoisotopic (exact) mass is 325 g/mol. The van der Waals surface area contributed by atoms with Gasteiger partial charge < -0.3 is 24.6 Å². The average Bonchev–Trinajstić information content (AvgIpc) is 3.00. The van der Waals surface area contributed by atoms with Crippen LogP contribution in [0.2, 0.25) is 0 Å². The smallest absolute Gasteiger partial charge is 0.409 e. The van der Waals surface area contributed by atoms with E-state index in [2.05, 4.69) is 5.32 Å². The molecule has 23 heavy (non-hydrogen) atoms. The van der Waals surface area contributed by atoms with Crippen molar-refractivity contribution < 1.29 is 19.1 Å². The number of carbonyl (C=O) groups excluding carboxylic acids is 2. The van der Waals surface area contributed by atoms with E-state index in [9.17, 15) is 9.59 Å². The van der Waals surface area contributed by atoms with E-state index in [1.54, 1.807) is 4.90 Å². The summed E-state index contributed by atoms with van der Waals surface area (Å²) in [5, 5.41) is 3.10. The molecule has 3 heterocycles. The lowest BCUT2D eigenvalue weighted by molar-refractivity contribution is 0.0699. The second-order valence-electron chi connectivity index (χ2n) is 6.70. The van der Waals surface area contributed by atoms with Gasteiger partial charge in [-0.05, 0) is 38.0 Å². The molecule has 3 amide bonds. The summed E-state index contributed by atoms with van der Waals surface area (Å²) in [6.45, 7) is 6.92. The number of likely N-dealkylation sites (tertiary alicyclic amines) is 2. The van der Waals surface area contributed by atoms with Crippen molar-refractivity contribution in [1.29, 1.82) is 0 Å². The van der Waals surface area contributed by atoms with E-state index in [0.29, 0.717) is 31.5 Å². The first-order chi connectivity index (χ1) is 11.2. The molecule has 0 saturated carbocycles.